The molecule has 0 aromatic heterocycles. The molecule has 0 spiro atoms. The lowest BCUT2D eigenvalue weighted by molar-refractivity contribution is -0.384. The van der Waals surface area contributed by atoms with E-state index in [0.29, 0.717) is 34.2 Å². The number of benzene rings is 2. The summed E-state index contributed by atoms with van der Waals surface area (Å²) in [6.45, 7) is 0. The van der Waals surface area contributed by atoms with Gasteiger partial charge in [0.25, 0.3) is 5.69 Å². The van der Waals surface area contributed by atoms with Crippen molar-refractivity contribution in [2.24, 2.45) is 17.8 Å². The number of hydrogen-bond acceptors (Lipinski definition) is 5. The molecule has 0 unspecified atom stereocenters. The minimum atomic E-state index is -3.61. The first-order valence-electron chi connectivity index (χ1n) is 11.2. The highest BCUT2D eigenvalue weighted by atomic mass is 32.2. The zero-order chi connectivity index (χ0) is 23.2. The van der Waals surface area contributed by atoms with Gasteiger partial charge in [0, 0.05) is 29.0 Å². The summed E-state index contributed by atoms with van der Waals surface area (Å²) in [6, 6.07) is 12.4. The van der Waals surface area contributed by atoms with Crippen LogP contribution in [0.3, 0.4) is 0 Å². The average Bonchev–Trinajstić information content (AvgIpc) is 2.72. The third kappa shape index (κ3) is 4.73. The number of hydrogen-bond donors (Lipinski definition) is 3. The summed E-state index contributed by atoms with van der Waals surface area (Å²) in [5, 5.41) is 17.0. The smallest absolute Gasteiger partial charge is 0.269 e. The van der Waals surface area contributed by atoms with Gasteiger partial charge in [-0.3, -0.25) is 10.1 Å². The third-order valence-electron chi connectivity index (χ3n) is 7.15. The molecule has 0 aliphatic heterocycles. The fourth-order valence-corrected chi connectivity index (χ4v) is 7.92. The van der Waals surface area contributed by atoms with Gasteiger partial charge in [0.15, 0.2) is 5.11 Å². The van der Waals surface area contributed by atoms with E-state index in [9.17, 15) is 18.5 Å². The molecule has 0 saturated heterocycles. The van der Waals surface area contributed by atoms with Gasteiger partial charge in [-0.25, -0.2) is 13.1 Å². The maximum Gasteiger partial charge on any atom is 0.269 e. The molecule has 0 atom stereocenters. The van der Waals surface area contributed by atoms with Crippen molar-refractivity contribution in [1.82, 2.24) is 4.72 Å². The molecule has 0 amide bonds. The number of nitro benzene ring substituents is 1. The molecule has 2 aromatic carbocycles. The van der Waals surface area contributed by atoms with E-state index in [-0.39, 0.29) is 16.1 Å². The van der Waals surface area contributed by atoms with E-state index in [4.69, 9.17) is 12.2 Å². The lowest BCUT2D eigenvalue weighted by atomic mass is 9.53. The summed E-state index contributed by atoms with van der Waals surface area (Å²) in [4.78, 5) is 10.5. The Balaban J connectivity index is 1.22. The standard InChI is InChI=1S/C23H26N4O4S2/c28-27(29)20-5-1-18(2-6-20)24-22(32)25-19-3-7-21(8-4-19)33(30,31)26-23-12-15-9-16(13-23)11-17(10-15)14-23/h1-8,15-17,26H,9-14H2,(H2,24,25,32). The molecule has 0 radical (unpaired) electrons. The van der Waals surface area contributed by atoms with E-state index in [2.05, 4.69) is 15.4 Å². The van der Waals surface area contributed by atoms with Gasteiger partial charge in [-0.1, -0.05) is 0 Å². The van der Waals surface area contributed by atoms with Crippen LogP contribution in [-0.2, 0) is 10.0 Å². The molecule has 10 heteroatoms. The van der Waals surface area contributed by atoms with Crippen LogP contribution < -0.4 is 15.4 Å². The summed E-state index contributed by atoms with van der Waals surface area (Å²) >= 11 is 5.29. The van der Waals surface area contributed by atoms with Gasteiger partial charge in [0.05, 0.1) is 9.82 Å². The van der Waals surface area contributed by atoms with E-state index < -0.39 is 14.9 Å². The molecule has 3 N–H and O–H groups in total. The maximum atomic E-state index is 13.1. The van der Waals surface area contributed by atoms with Crippen molar-refractivity contribution >= 4 is 44.4 Å². The number of non-ortho nitro benzene ring substituents is 1. The molecule has 4 aliphatic rings. The van der Waals surface area contributed by atoms with Gasteiger partial charge in [0.1, 0.15) is 0 Å². The van der Waals surface area contributed by atoms with E-state index in [1.807, 2.05) is 0 Å². The molecule has 33 heavy (non-hydrogen) atoms. The predicted octanol–water partition coefficient (Wildman–Crippen LogP) is 4.65. The minimum absolute atomic E-state index is 0.00150. The van der Waals surface area contributed by atoms with Crippen molar-refractivity contribution in [2.75, 3.05) is 10.6 Å². The molecule has 4 aliphatic carbocycles. The fraction of sp³-hybridized carbons (Fsp3) is 0.435. The van der Waals surface area contributed by atoms with Crippen molar-refractivity contribution in [3.8, 4) is 0 Å². The third-order valence-corrected chi connectivity index (χ3v) is 8.95. The molecule has 4 fully saturated rings. The second-order valence-electron chi connectivity index (χ2n) is 9.71. The number of nitrogens with one attached hydrogen (secondary N) is 3. The van der Waals surface area contributed by atoms with Crippen LogP contribution in [0.1, 0.15) is 38.5 Å². The number of anilines is 2. The lowest BCUT2D eigenvalue weighted by Crippen LogP contribution is -2.59. The Labute approximate surface area is 198 Å². The second-order valence-corrected chi connectivity index (χ2v) is 11.8. The monoisotopic (exact) mass is 486 g/mol. The van der Waals surface area contributed by atoms with Crippen LogP contribution in [-0.4, -0.2) is 24.0 Å². The van der Waals surface area contributed by atoms with Crippen molar-refractivity contribution in [3.05, 3.63) is 58.6 Å². The molecule has 4 saturated carbocycles. The number of rotatable bonds is 6. The zero-order valence-corrected chi connectivity index (χ0v) is 19.6. The molecule has 4 bridgehead atoms. The van der Waals surface area contributed by atoms with Gasteiger partial charge in [-0.15, -0.1) is 0 Å². The number of sulfonamides is 1. The van der Waals surface area contributed by atoms with Gasteiger partial charge in [0.2, 0.25) is 10.0 Å². The average molecular weight is 487 g/mol. The van der Waals surface area contributed by atoms with Gasteiger partial charge >= 0.3 is 0 Å². The fourth-order valence-electron chi connectivity index (χ4n) is 6.26. The minimum Gasteiger partial charge on any atom is -0.332 e. The summed E-state index contributed by atoms with van der Waals surface area (Å²) in [5.74, 6) is 1.99. The highest BCUT2D eigenvalue weighted by Crippen LogP contribution is 2.56. The van der Waals surface area contributed by atoms with Crippen LogP contribution in [0, 0.1) is 27.9 Å². The second kappa shape index (κ2) is 8.34. The van der Waals surface area contributed by atoms with Crippen LogP contribution in [0.25, 0.3) is 0 Å². The Morgan fingerprint density at radius 1 is 0.879 bits per heavy atom. The normalized spacial score (nSPS) is 27.8. The molecule has 8 nitrogen and oxygen atoms in total. The van der Waals surface area contributed by atoms with Crippen molar-refractivity contribution in [1.29, 1.82) is 0 Å². The van der Waals surface area contributed by atoms with E-state index in [1.54, 1.807) is 36.4 Å². The Kier molecular flexibility index (Phi) is 5.62. The first-order valence-corrected chi connectivity index (χ1v) is 13.1. The van der Waals surface area contributed by atoms with Gasteiger partial charge in [-0.05, 0) is 105 Å². The summed E-state index contributed by atoms with van der Waals surface area (Å²) in [7, 11) is -3.61. The molecule has 174 valence electrons. The largest absolute Gasteiger partial charge is 0.332 e. The van der Waals surface area contributed by atoms with Gasteiger partial charge in [-0.2, -0.15) is 0 Å². The molecule has 2 aromatic rings. The van der Waals surface area contributed by atoms with Crippen molar-refractivity contribution in [2.45, 2.75) is 49.0 Å². The van der Waals surface area contributed by atoms with Crippen LogP contribution in [0.4, 0.5) is 17.1 Å². The Morgan fingerprint density at radius 3 is 1.79 bits per heavy atom. The Bertz CT molecular complexity index is 1140. The maximum absolute atomic E-state index is 13.1. The summed E-state index contributed by atoms with van der Waals surface area (Å²) < 4.78 is 29.4. The van der Waals surface area contributed by atoms with E-state index in [0.717, 1.165) is 19.3 Å². The van der Waals surface area contributed by atoms with E-state index in [1.165, 1.54) is 31.4 Å². The highest BCUT2D eigenvalue weighted by molar-refractivity contribution is 7.89. The Morgan fingerprint density at radius 2 is 1.33 bits per heavy atom. The van der Waals surface area contributed by atoms with E-state index >= 15 is 0 Å². The first kappa shape index (κ1) is 22.2. The van der Waals surface area contributed by atoms with Crippen LogP contribution in [0.5, 0.6) is 0 Å². The molecular formula is C23H26N4O4S2. The zero-order valence-electron chi connectivity index (χ0n) is 18.0. The lowest BCUT2D eigenvalue weighted by Gasteiger charge is -2.56. The topological polar surface area (TPSA) is 113 Å². The first-order chi connectivity index (χ1) is 15.7. The van der Waals surface area contributed by atoms with Crippen molar-refractivity contribution in [3.63, 3.8) is 0 Å². The van der Waals surface area contributed by atoms with Gasteiger partial charge < -0.3 is 10.6 Å². The number of nitro groups is 1. The molecule has 0 heterocycles. The molecule has 6 rings (SSSR count). The number of thiocarbonyl (C=S) groups is 1. The van der Waals surface area contributed by atoms with Crippen molar-refractivity contribution < 1.29 is 13.3 Å². The molecular weight excluding hydrogens is 460 g/mol. The van der Waals surface area contributed by atoms with Crippen LogP contribution in [0.15, 0.2) is 53.4 Å². The van der Waals surface area contributed by atoms with Crippen LogP contribution in [0.2, 0.25) is 0 Å². The van der Waals surface area contributed by atoms with Crippen LogP contribution >= 0.6 is 12.2 Å². The predicted molar refractivity (Wildman–Crippen MR) is 131 cm³/mol. The summed E-state index contributed by atoms with van der Waals surface area (Å²) in [5.41, 5.74) is 0.972. The highest BCUT2D eigenvalue weighted by Gasteiger charge is 2.52. The number of nitrogens with zero attached hydrogens (tertiary/aromatic N) is 1. The Hall–Kier alpha value is -2.56. The quantitative estimate of drug-likeness (QED) is 0.309. The SMILES string of the molecule is O=[N+]([O-])c1ccc(NC(=S)Nc2ccc(S(=O)(=O)NC34CC5CC(CC(C5)C3)C4)cc2)cc1. The summed E-state index contributed by atoms with van der Waals surface area (Å²) in [6.07, 6.45) is 6.65.